The summed E-state index contributed by atoms with van der Waals surface area (Å²) in [4.78, 5) is 11.0. The molecule has 1 aliphatic heterocycles. The molecule has 1 saturated heterocycles. The number of hydrogen-bond acceptors (Lipinski definition) is 3. The highest BCUT2D eigenvalue weighted by atomic mass is 32.2. The molecule has 1 heterocycles. The van der Waals surface area contributed by atoms with Gasteiger partial charge in [0.25, 0.3) is 0 Å². The summed E-state index contributed by atoms with van der Waals surface area (Å²) < 4.78 is 65.0. The number of nitrogens with zero attached hydrogens (tertiary/aromatic N) is 1. The van der Waals surface area contributed by atoms with E-state index in [9.17, 15) is 26.4 Å². The average molecular weight is 349 g/mol. The van der Waals surface area contributed by atoms with E-state index in [1.807, 2.05) is 0 Å². The van der Waals surface area contributed by atoms with Crippen LogP contribution in [0.4, 0.5) is 13.2 Å². The van der Waals surface area contributed by atoms with Crippen molar-refractivity contribution in [1.82, 2.24) is 4.31 Å². The number of benzene rings is 1. The molecule has 1 aromatic carbocycles. The van der Waals surface area contributed by atoms with Gasteiger partial charge in [-0.25, -0.2) is 8.42 Å². The van der Waals surface area contributed by atoms with Crippen molar-refractivity contribution in [2.24, 2.45) is 0 Å². The van der Waals surface area contributed by atoms with E-state index < -0.39 is 27.8 Å². The number of halogens is 3. The number of alkyl halides is 3. The Kier molecular flexibility index (Phi) is 5.15. The fraction of sp³-hybridized carbons (Fsp3) is 0.533. The van der Waals surface area contributed by atoms with Gasteiger partial charge in [-0.3, -0.25) is 4.79 Å². The Bertz CT molecular complexity index is 685. The van der Waals surface area contributed by atoms with Crippen LogP contribution in [0.2, 0.25) is 0 Å². The van der Waals surface area contributed by atoms with Gasteiger partial charge < -0.3 is 0 Å². The van der Waals surface area contributed by atoms with Crippen molar-refractivity contribution >= 4 is 15.8 Å². The first kappa shape index (κ1) is 17.9. The maximum absolute atomic E-state index is 12.8. The molecular formula is C15H18F3NO3S. The predicted molar refractivity (Wildman–Crippen MR) is 78.3 cm³/mol. The van der Waals surface area contributed by atoms with Crippen molar-refractivity contribution in [3.05, 3.63) is 29.8 Å². The van der Waals surface area contributed by atoms with Crippen LogP contribution in [-0.2, 0) is 21.0 Å². The average Bonchev–Trinajstić information content (AvgIpc) is 2.46. The summed E-state index contributed by atoms with van der Waals surface area (Å²) in [7, 11) is -4.06. The van der Waals surface area contributed by atoms with Gasteiger partial charge in [0.2, 0.25) is 10.0 Å². The van der Waals surface area contributed by atoms with E-state index in [2.05, 4.69) is 0 Å². The molecule has 0 saturated carbocycles. The Balaban J connectivity index is 2.38. The Morgan fingerprint density at radius 2 is 2.00 bits per heavy atom. The van der Waals surface area contributed by atoms with E-state index in [0.717, 1.165) is 24.6 Å². The monoisotopic (exact) mass is 349 g/mol. The molecule has 1 aliphatic rings. The summed E-state index contributed by atoms with van der Waals surface area (Å²) in [6, 6.07) is 3.24. The van der Waals surface area contributed by atoms with Crippen LogP contribution in [0.1, 0.15) is 38.2 Å². The van der Waals surface area contributed by atoms with Gasteiger partial charge in [-0.05, 0) is 38.0 Å². The molecule has 0 aliphatic carbocycles. The number of ketones is 1. The molecule has 4 nitrogen and oxygen atoms in total. The van der Waals surface area contributed by atoms with Gasteiger partial charge in [0, 0.05) is 19.0 Å². The summed E-state index contributed by atoms with van der Waals surface area (Å²) in [5, 5.41) is 0. The van der Waals surface area contributed by atoms with Crippen molar-refractivity contribution in [3.63, 3.8) is 0 Å². The van der Waals surface area contributed by atoms with Crippen molar-refractivity contribution < 1.29 is 26.4 Å². The summed E-state index contributed by atoms with van der Waals surface area (Å²) >= 11 is 0. The van der Waals surface area contributed by atoms with Crippen LogP contribution >= 0.6 is 0 Å². The van der Waals surface area contributed by atoms with Crippen LogP contribution < -0.4 is 0 Å². The van der Waals surface area contributed by atoms with E-state index in [0.29, 0.717) is 18.9 Å². The summed E-state index contributed by atoms with van der Waals surface area (Å²) in [6.45, 7) is 1.60. The summed E-state index contributed by atoms with van der Waals surface area (Å²) in [5.41, 5.74) is -1.00. The first-order valence-electron chi connectivity index (χ1n) is 7.31. The lowest BCUT2D eigenvalue weighted by Gasteiger charge is -2.34. The topological polar surface area (TPSA) is 54.5 Å². The Morgan fingerprint density at radius 3 is 2.61 bits per heavy atom. The number of carbonyl (C=O) groups is 1. The second kappa shape index (κ2) is 6.60. The standard InChI is InChI=1S/C15H18F3NO3S/c1-11(20)9-13-6-2-3-8-19(13)23(21,22)14-7-4-5-12(10-14)15(16,17)18/h4-5,7,10,13H,2-3,6,8-9H2,1H3. The molecule has 0 amide bonds. The van der Waals surface area contributed by atoms with Crippen LogP contribution in [0, 0.1) is 0 Å². The first-order valence-corrected chi connectivity index (χ1v) is 8.75. The minimum atomic E-state index is -4.60. The normalized spacial score (nSPS) is 20.4. The number of rotatable bonds is 4. The van der Waals surface area contributed by atoms with Gasteiger partial charge in [-0.1, -0.05) is 12.5 Å². The minimum Gasteiger partial charge on any atom is -0.300 e. The number of carbonyl (C=O) groups excluding carboxylic acids is 1. The largest absolute Gasteiger partial charge is 0.416 e. The third-order valence-corrected chi connectivity index (χ3v) is 5.81. The number of sulfonamides is 1. The van der Waals surface area contributed by atoms with Gasteiger partial charge in [0.15, 0.2) is 0 Å². The van der Waals surface area contributed by atoms with Gasteiger partial charge in [0.05, 0.1) is 10.5 Å². The van der Waals surface area contributed by atoms with Gasteiger partial charge >= 0.3 is 6.18 Å². The highest BCUT2D eigenvalue weighted by molar-refractivity contribution is 7.89. The second-order valence-corrected chi connectivity index (χ2v) is 7.59. The van der Waals surface area contributed by atoms with Crippen molar-refractivity contribution in [2.75, 3.05) is 6.54 Å². The first-order chi connectivity index (χ1) is 10.6. The van der Waals surface area contributed by atoms with E-state index in [-0.39, 0.29) is 23.6 Å². The third kappa shape index (κ3) is 4.11. The maximum atomic E-state index is 12.8. The van der Waals surface area contributed by atoms with Crippen molar-refractivity contribution in [3.8, 4) is 0 Å². The number of hydrogen-bond donors (Lipinski definition) is 0. The molecule has 1 aromatic rings. The fourth-order valence-electron chi connectivity index (χ4n) is 2.79. The van der Waals surface area contributed by atoms with Gasteiger partial charge in [-0.15, -0.1) is 0 Å². The van der Waals surface area contributed by atoms with E-state index in [1.165, 1.54) is 11.2 Å². The van der Waals surface area contributed by atoms with Crippen LogP contribution in [0.5, 0.6) is 0 Å². The number of Topliss-reactive ketones (excluding diaryl/α,β-unsaturated/α-hetero) is 1. The molecule has 23 heavy (non-hydrogen) atoms. The Hall–Kier alpha value is -1.41. The zero-order chi connectivity index (χ0) is 17.3. The zero-order valence-corrected chi connectivity index (χ0v) is 13.5. The highest BCUT2D eigenvalue weighted by Gasteiger charge is 2.36. The summed E-state index contributed by atoms with van der Waals surface area (Å²) in [5.74, 6) is -0.138. The quantitative estimate of drug-likeness (QED) is 0.839. The second-order valence-electron chi connectivity index (χ2n) is 5.70. The van der Waals surface area contributed by atoms with E-state index >= 15 is 0 Å². The fourth-order valence-corrected chi connectivity index (χ4v) is 4.53. The van der Waals surface area contributed by atoms with Crippen LogP contribution in [0.3, 0.4) is 0 Å². The minimum absolute atomic E-state index is 0.0815. The predicted octanol–water partition coefficient (Wildman–Crippen LogP) is 3.23. The SMILES string of the molecule is CC(=O)CC1CCCCN1S(=O)(=O)c1cccc(C(F)(F)F)c1. The molecule has 0 aromatic heterocycles. The maximum Gasteiger partial charge on any atom is 0.416 e. The van der Waals surface area contributed by atoms with Crippen molar-refractivity contribution in [2.45, 2.75) is 49.7 Å². The molecule has 0 spiro atoms. The van der Waals surface area contributed by atoms with Crippen LogP contribution in [0.15, 0.2) is 29.2 Å². The van der Waals surface area contributed by atoms with E-state index in [1.54, 1.807) is 0 Å². The molecule has 128 valence electrons. The number of piperidine rings is 1. The van der Waals surface area contributed by atoms with Crippen molar-refractivity contribution in [1.29, 1.82) is 0 Å². The van der Waals surface area contributed by atoms with Crippen LogP contribution in [-0.4, -0.2) is 31.1 Å². The van der Waals surface area contributed by atoms with Gasteiger partial charge in [0.1, 0.15) is 5.78 Å². The molecular weight excluding hydrogens is 331 g/mol. The zero-order valence-electron chi connectivity index (χ0n) is 12.6. The molecule has 1 atom stereocenters. The molecule has 0 N–H and O–H groups in total. The third-order valence-electron chi connectivity index (χ3n) is 3.86. The summed E-state index contributed by atoms with van der Waals surface area (Å²) in [6.07, 6.45) is -2.55. The molecule has 1 unspecified atom stereocenters. The smallest absolute Gasteiger partial charge is 0.300 e. The molecule has 0 bridgehead atoms. The lowest BCUT2D eigenvalue weighted by molar-refractivity contribution is -0.137. The van der Waals surface area contributed by atoms with Gasteiger partial charge in [-0.2, -0.15) is 17.5 Å². The molecule has 2 rings (SSSR count). The Morgan fingerprint density at radius 1 is 1.30 bits per heavy atom. The van der Waals surface area contributed by atoms with E-state index in [4.69, 9.17) is 0 Å². The highest BCUT2D eigenvalue weighted by Crippen LogP contribution is 2.33. The lowest BCUT2D eigenvalue weighted by Crippen LogP contribution is -2.44. The molecule has 8 heteroatoms. The Labute approximate surface area is 133 Å². The molecule has 0 radical (unpaired) electrons. The molecule has 1 fully saturated rings. The lowest BCUT2D eigenvalue weighted by atomic mass is 10.0. The van der Waals surface area contributed by atoms with Crippen LogP contribution in [0.25, 0.3) is 0 Å².